The molecule has 0 spiro atoms. The molecular formula is C25H26N4O5. The summed E-state index contributed by atoms with van der Waals surface area (Å²) < 4.78 is 6.37. The summed E-state index contributed by atoms with van der Waals surface area (Å²) in [6.45, 7) is 3.98. The number of ether oxygens (including phenoxy) is 1. The molecule has 0 aliphatic carbocycles. The Bertz CT molecular complexity index is 1470. The van der Waals surface area contributed by atoms with E-state index in [1.165, 1.54) is 17.7 Å². The van der Waals surface area contributed by atoms with Gasteiger partial charge in [0.1, 0.15) is 5.75 Å². The van der Waals surface area contributed by atoms with Crippen LogP contribution >= 0.6 is 0 Å². The first kappa shape index (κ1) is 23.0. The van der Waals surface area contributed by atoms with Crippen LogP contribution < -0.4 is 11.1 Å². The van der Waals surface area contributed by atoms with Crippen LogP contribution in [0.1, 0.15) is 40.4 Å². The van der Waals surface area contributed by atoms with Crippen molar-refractivity contribution in [2.24, 2.45) is 0 Å². The van der Waals surface area contributed by atoms with Crippen LogP contribution in [-0.4, -0.2) is 37.7 Å². The molecule has 0 amide bonds. The smallest absolute Gasteiger partial charge is 0.306 e. The molecule has 3 N–H and O–H groups in total. The van der Waals surface area contributed by atoms with Crippen LogP contribution in [0, 0.1) is 13.8 Å². The fraction of sp³-hybridized carbons (Fsp3) is 0.280. The van der Waals surface area contributed by atoms with Crippen LogP contribution in [0.3, 0.4) is 0 Å². The van der Waals surface area contributed by atoms with Crippen molar-refractivity contribution < 1.29 is 14.6 Å². The summed E-state index contributed by atoms with van der Waals surface area (Å²) in [6, 6.07) is 8.74. The van der Waals surface area contributed by atoms with Gasteiger partial charge in [0.15, 0.2) is 0 Å². The zero-order valence-electron chi connectivity index (χ0n) is 19.2. The second-order valence-corrected chi connectivity index (χ2v) is 8.35. The van der Waals surface area contributed by atoms with Crippen LogP contribution in [0.25, 0.3) is 10.9 Å². The number of methoxy groups -OCH3 is 1. The van der Waals surface area contributed by atoms with Gasteiger partial charge >= 0.3 is 5.97 Å². The van der Waals surface area contributed by atoms with Crippen molar-refractivity contribution in [3.8, 4) is 5.75 Å². The lowest BCUT2D eigenvalue weighted by Crippen LogP contribution is -2.31. The Labute approximate surface area is 195 Å². The summed E-state index contributed by atoms with van der Waals surface area (Å²) in [5, 5.41) is 11.6. The van der Waals surface area contributed by atoms with Gasteiger partial charge in [-0.15, -0.1) is 0 Å². The molecule has 176 valence electrons. The van der Waals surface area contributed by atoms with Crippen LogP contribution in [0.5, 0.6) is 5.75 Å². The fourth-order valence-corrected chi connectivity index (χ4v) is 4.25. The summed E-state index contributed by atoms with van der Waals surface area (Å²) in [6.07, 6.45) is 3.48. The minimum Gasteiger partial charge on any atom is -0.507 e. The molecule has 0 saturated heterocycles. The summed E-state index contributed by atoms with van der Waals surface area (Å²) in [5.74, 6) is -1.86. The Kier molecular flexibility index (Phi) is 6.36. The first-order valence-corrected chi connectivity index (χ1v) is 10.9. The monoisotopic (exact) mass is 462 g/mol. The number of imidazole rings is 1. The fourth-order valence-electron chi connectivity index (χ4n) is 4.25. The molecule has 0 aliphatic heterocycles. The van der Waals surface area contributed by atoms with Gasteiger partial charge in [0.05, 0.1) is 25.4 Å². The van der Waals surface area contributed by atoms with Gasteiger partial charge in [-0.2, -0.15) is 0 Å². The van der Waals surface area contributed by atoms with E-state index in [1.807, 2.05) is 19.1 Å². The molecular weight excluding hydrogens is 436 g/mol. The molecule has 4 rings (SSSR count). The van der Waals surface area contributed by atoms with Crippen molar-refractivity contribution in [3.63, 3.8) is 0 Å². The molecule has 34 heavy (non-hydrogen) atoms. The number of H-pyrrole nitrogens is 2. The predicted octanol–water partition coefficient (Wildman–Crippen LogP) is 2.67. The predicted molar refractivity (Wildman–Crippen MR) is 127 cm³/mol. The SMILES string of the molecule is COC(=O)C[C@H](c1cc2cc(C)ccc2[nH]c1=O)c1c(O)cc(C)n(CCc2cnc[nH]2)c1=O. The molecule has 0 saturated carbocycles. The van der Waals surface area contributed by atoms with Gasteiger partial charge in [0, 0.05) is 47.5 Å². The molecule has 0 aliphatic rings. The number of rotatable bonds is 7. The highest BCUT2D eigenvalue weighted by atomic mass is 16.5. The summed E-state index contributed by atoms with van der Waals surface area (Å²) >= 11 is 0. The lowest BCUT2D eigenvalue weighted by molar-refractivity contribution is -0.140. The van der Waals surface area contributed by atoms with Crippen molar-refractivity contribution in [2.75, 3.05) is 7.11 Å². The third-order valence-corrected chi connectivity index (χ3v) is 6.03. The highest BCUT2D eigenvalue weighted by Crippen LogP contribution is 2.32. The molecule has 9 nitrogen and oxygen atoms in total. The second-order valence-electron chi connectivity index (χ2n) is 8.35. The first-order chi connectivity index (χ1) is 16.3. The number of aromatic nitrogens is 4. The average Bonchev–Trinajstić information content (AvgIpc) is 3.31. The molecule has 1 aromatic carbocycles. The summed E-state index contributed by atoms with van der Waals surface area (Å²) in [5.41, 5.74) is 2.34. The number of esters is 1. The zero-order valence-corrected chi connectivity index (χ0v) is 19.2. The summed E-state index contributed by atoms with van der Waals surface area (Å²) in [4.78, 5) is 48.8. The third-order valence-electron chi connectivity index (χ3n) is 6.03. The Morgan fingerprint density at radius 2 is 2.00 bits per heavy atom. The Balaban J connectivity index is 1.88. The van der Waals surface area contributed by atoms with Gasteiger partial charge < -0.3 is 24.4 Å². The van der Waals surface area contributed by atoms with Gasteiger partial charge in [0.2, 0.25) is 0 Å². The first-order valence-electron chi connectivity index (χ1n) is 10.9. The highest BCUT2D eigenvalue weighted by Gasteiger charge is 2.29. The quantitative estimate of drug-likeness (QED) is 0.362. The van der Waals surface area contributed by atoms with E-state index in [0.717, 1.165) is 16.6 Å². The standard InChI is InChI=1S/C25H26N4O5/c1-14-4-5-20-16(8-14)10-19(24(32)28-20)18(11-22(31)34-3)23-21(30)9-15(2)29(25(23)33)7-6-17-12-26-13-27-17/h4-5,8-10,12-13,18,30H,6-7,11H2,1-3H3,(H,26,27)(H,28,32)/t18-/m1/s1. The third kappa shape index (κ3) is 4.50. The minimum absolute atomic E-state index is 0.0156. The van der Waals surface area contributed by atoms with E-state index in [2.05, 4.69) is 15.0 Å². The van der Waals surface area contributed by atoms with Gasteiger partial charge in [-0.3, -0.25) is 14.4 Å². The minimum atomic E-state index is -0.993. The maximum atomic E-state index is 13.6. The number of fused-ring (bicyclic) bond motifs is 1. The summed E-state index contributed by atoms with van der Waals surface area (Å²) in [7, 11) is 1.24. The van der Waals surface area contributed by atoms with E-state index in [9.17, 15) is 19.5 Å². The van der Waals surface area contributed by atoms with E-state index < -0.39 is 23.0 Å². The number of hydrogen-bond donors (Lipinski definition) is 3. The topological polar surface area (TPSA) is 130 Å². The van der Waals surface area contributed by atoms with Crippen molar-refractivity contribution in [1.82, 2.24) is 19.5 Å². The Morgan fingerprint density at radius 3 is 2.71 bits per heavy atom. The zero-order chi connectivity index (χ0) is 24.4. The normalized spacial score (nSPS) is 12.1. The number of pyridine rings is 2. The number of aromatic amines is 2. The Morgan fingerprint density at radius 1 is 1.21 bits per heavy atom. The Hall–Kier alpha value is -4.14. The van der Waals surface area contributed by atoms with Crippen LogP contribution in [0.2, 0.25) is 0 Å². The molecule has 1 atom stereocenters. The number of carbonyl (C=O) groups excluding carboxylic acids is 1. The number of nitrogens with one attached hydrogen (secondary N) is 2. The highest BCUT2D eigenvalue weighted by molar-refractivity contribution is 5.80. The molecule has 0 fully saturated rings. The number of nitrogens with zero attached hydrogens (tertiary/aromatic N) is 2. The molecule has 4 aromatic rings. The largest absolute Gasteiger partial charge is 0.507 e. The van der Waals surface area contributed by atoms with Crippen LogP contribution in [0.4, 0.5) is 0 Å². The lowest BCUT2D eigenvalue weighted by Gasteiger charge is -2.20. The lowest BCUT2D eigenvalue weighted by atomic mass is 9.88. The average molecular weight is 463 g/mol. The number of carbonyl (C=O) groups is 1. The van der Waals surface area contributed by atoms with Crippen molar-refractivity contribution in [1.29, 1.82) is 0 Å². The van der Waals surface area contributed by atoms with Crippen molar-refractivity contribution >= 4 is 16.9 Å². The maximum absolute atomic E-state index is 13.6. The number of aryl methyl sites for hydroxylation is 3. The molecule has 0 unspecified atom stereocenters. The van der Waals surface area contributed by atoms with Gasteiger partial charge in [-0.05, 0) is 43.5 Å². The second kappa shape index (κ2) is 9.38. The van der Waals surface area contributed by atoms with Gasteiger partial charge in [-0.1, -0.05) is 11.6 Å². The number of aromatic hydroxyl groups is 1. The van der Waals surface area contributed by atoms with E-state index >= 15 is 0 Å². The van der Waals surface area contributed by atoms with Crippen LogP contribution in [-0.2, 0) is 22.5 Å². The van der Waals surface area contributed by atoms with E-state index in [1.54, 1.807) is 31.6 Å². The van der Waals surface area contributed by atoms with E-state index in [-0.39, 0.29) is 23.3 Å². The van der Waals surface area contributed by atoms with Gasteiger partial charge in [0.25, 0.3) is 11.1 Å². The molecule has 3 aromatic heterocycles. The van der Waals surface area contributed by atoms with Gasteiger partial charge in [-0.25, -0.2) is 4.98 Å². The molecule has 9 heteroatoms. The number of benzene rings is 1. The van der Waals surface area contributed by atoms with Crippen molar-refractivity contribution in [3.05, 3.63) is 91.6 Å². The van der Waals surface area contributed by atoms with E-state index in [0.29, 0.717) is 24.2 Å². The molecule has 3 heterocycles. The van der Waals surface area contributed by atoms with Crippen molar-refractivity contribution in [2.45, 2.75) is 39.2 Å². The van der Waals surface area contributed by atoms with Crippen LogP contribution in [0.15, 0.2) is 52.4 Å². The van der Waals surface area contributed by atoms with E-state index in [4.69, 9.17) is 4.74 Å². The maximum Gasteiger partial charge on any atom is 0.306 e. The molecule has 0 bridgehead atoms. The number of hydrogen-bond acceptors (Lipinski definition) is 6. The molecule has 0 radical (unpaired) electrons.